The summed E-state index contributed by atoms with van der Waals surface area (Å²) in [4.78, 5) is 57.7. The Balaban J connectivity index is 1.59. The van der Waals surface area contributed by atoms with Gasteiger partial charge in [-0.1, -0.05) is 88.7 Å². The lowest BCUT2D eigenvalue weighted by Crippen LogP contribution is -2.51. The fourth-order valence-electron chi connectivity index (χ4n) is 6.62. The molecule has 4 aromatic rings. The number of ketones is 4. The number of rotatable bonds is 2. The van der Waals surface area contributed by atoms with E-state index in [2.05, 4.69) is 15.9 Å². The van der Waals surface area contributed by atoms with Gasteiger partial charge in [0.1, 0.15) is 17.3 Å². The lowest BCUT2D eigenvalue weighted by atomic mass is 9.60. The van der Waals surface area contributed by atoms with Gasteiger partial charge in [-0.05, 0) is 35.4 Å². The Morgan fingerprint density at radius 2 is 1.03 bits per heavy atom. The first-order valence-corrected chi connectivity index (χ1v) is 13.2. The van der Waals surface area contributed by atoms with Crippen LogP contribution in [0.3, 0.4) is 0 Å². The molecular weight excluding hydrogens is 563 g/mol. The van der Waals surface area contributed by atoms with Crippen molar-refractivity contribution in [1.82, 2.24) is 0 Å². The monoisotopic (exact) mass is 580 g/mol. The third kappa shape index (κ3) is 2.92. The van der Waals surface area contributed by atoms with Crippen LogP contribution in [0.15, 0.2) is 102 Å². The highest BCUT2D eigenvalue weighted by Crippen LogP contribution is 2.67. The zero-order valence-corrected chi connectivity index (χ0v) is 21.8. The molecule has 1 aliphatic heterocycles. The van der Waals surface area contributed by atoms with E-state index in [0.29, 0.717) is 11.1 Å². The Hall–Kier alpha value is -4.07. The maximum atomic E-state index is 14.6. The molecule has 0 bridgehead atoms. The standard InChI is InChI=1S/C32H18BrFO5/c33-19-13-9-18(10-14-19)30-31(26(35)21-5-1-2-6-22(21)27(31)36)25(17-11-15-20(34)16-12-17)32(39-30)28(37)23-7-3-4-8-24(23)29(32)38/h1-16,25,30H/t25-,30-/m0/s1. The molecular formula is C32H18BrFO5. The minimum Gasteiger partial charge on any atom is -0.348 e. The average Bonchev–Trinajstić information content (AvgIpc) is 3.48. The second kappa shape index (κ2) is 8.21. The van der Waals surface area contributed by atoms with Gasteiger partial charge in [-0.25, -0.2) is 4.39 Å². The molecule has 0 saturated carbocycles. The third-order valence-electron chi connectivity index (χ3n) is 8.21. The van der Waals surface area contributed by atoms with Gasteiger partial charge < -0.3 is 4.74 Å². The quantitative estimate of drug-likeness (QED) is 0.259. The Labute approximate surface area is 230 Å². The van der Waals surface area contributed by atoms with Crippen molar-refractivity contribution in [3.63, 3.8) is 0 Å². The summed E-state index contributed by atoms with van der Waals surface area (Å²) in [7, 11) is 0. The van der Waals surface area contributed by atoms with Crippen molar-refractivity contribution in [2.45, 2.75) is 17.6 Å². The van der Waals surface area contributed by atoms with Crippen LogP contribution in [0.4, 0.5) is 4.39 Å². The van der Waals surface area contributed by atoms with Crippen LogP contribution in [0.25, 0.3) is 0 Å². The molecule has 7 rings (SSSR count). The van der Waals surface area contributed by atoms with Crippen LogP contribution >= 0.6 is 15.9 Å². The van der Waals surface area contributed by atoms with Crippen LogP contribution in [-0.4, -0.2) is 28.7 Å². The summed E-state index contributed by atoms with van der Waals surface area (Å²) >= 11 is 3.41. The van der Waals surface area contributed by atoms with Crippen molar-refractivity contribution in [2.75, 3.05) is 0 Å². The van der Waals surface area contributed by atoms with Crippen LogP contribution in [0.5, 0.6) is 0 Å². The molecule has 1 heterocycles. The van der Waals surface area contributed by atoms with Gasteiger partial charge in [-0.15, -0.1) is 0 Å². The van der Waals surface area contributed by atoms with Crippen molar-refractivity contribution in [2.24, 2.45) is 5.41 Å². The second-order valence-corrected chi connectivity index (χ2v) is 11.0. The first kappa shape index (κ1) is 24.0. The smallest absolute Gasteiger partial charge is 0.204 e. The van der Waals surface area contributed by atoms with E-state index in [0.717, 1.165) is 4.47 Å². The van der Waals surface area contributed by atoms with Crippen molar-refractivity contribution in [1.29, 1.82) is 0 Å². The van der Waals surface area contributed by atoms with Gasteiger partial charge in [0.2, 0.25) is 17.2 Å². The predicted octanol–water partition coefficient (Wildman–Crippen LogP) is 6.33. The Bertz CT molecular complexity index is 1670. The van der Waals surface area contributed by atoms with E-state index >= 15 is 0 Å². The van der Waals surface area contributed by atoms with E-state index in [1.54, 1.807) is 72.8 Å². The molecule has 0 unspecified atom stereocenters. The van der Waals surface area contributed by atoms with Crippen LogP contribution in [0.1, 0.15) is 64.6 Å². The highest BCUT2D eigenvalue weighted by molar-refractivity contribution is 9.10. The van der Waals surface area contributed by atoms with Gasteiger partial charge in [0, 0.05) is 26.7 Å². The molecule has 1 saturated heterocycles. The molecule has 5 nitrogen and oxygen atoms in total. The first-order chi connectivity index (χ1) is 18.8. The summed E-state index contributed by atoms with van der Waals surface area (Å²) in [5, 5.41) is 0. The molecule has 0 amide bonds. The van der Waals surface area contributed by atoms with E-state index in [1.807, 2.05) is 0 Å². The van der Waals surface area contributed by atoms with Crippen molar-refractivity contribution in [3.8, 4) is 0 Å². The molecule has 190 valence electrons. The Kier molecular flexibility index (Phi) is 5.06. The van der Waals surface area contributed by atoms with E-state index in [-0.39, 0.29) is 22.3 Å². The highest BCUT2D eigenvalue weighted by atomic mass is 79.9. The number of benzene rings is 4. The maximum Gasteiger partial charge on any atom is 0.204 e. The van der Waals surface area contributed by atoms with Crippen molar-refractivity contribution < 1.29 is 28.3 Å². The minimum atomic E-state index is -2.20. The zero-order chi connectivity index (χ0) is 27.1. The van der Waals surface area contributed by atoms with E-state index in [9.17, 15) is 23.6 Å². The fraction of sp³-hybridized carbons (Fsp3) is 0.125. The molecule has 0 aromatic heterocycles. The van der Waals surface area contributed by atoms with Crippen LogP contribution in [0, 0.1) is 11.2 Å². The SMILES string of the molecule is O=C1c2ccccc2C(=O)C12O[C@@H](c1ccc(Br)cc1)C1(C(=O)c3ccccc3C1=O)[C@@H]2c1ccc(F)cc1. The molecule has 0 N–H and O–H groups in total. The zero-order valence-electron chi connectivity index (χ0n) is 20.2. The van der Waals surface area contributed by atoms with Gasteiger partial charge in [-0.3, -0.25) is 19.2 Å². The minimum absolute atomic E-state index is 0.164. The summed E-state index contributed by atoms with van der Waals surface area (Å²) in [6.45, 7) is 0. The molecule has 2 atom stereocenters. The number of Topliss-reactive ketones (excluding diaryl/α,β-unsaturated/α-hetero) is 4. The summed E-state index contributed by atoms with van der Waals surface area (Å²) in [6, 6.07) is 25.0. The molecule has 1 fully saturated rings. The van der Waals surface area contributed by atoms with Crippen LogP contribution < -0.4 is 0 Å². The van der Waals surface area contributed by atoms with Gasteiger partial charge in [-0.2, -0.15) is 0 Å². The van der Waals surface area contributed by atoms with Gasteiger partial charge in [0.25, 0.3) is 0 Å². The van der Waals surface area contributed by atoms with E-state index < -0.39 is 52.0 Å². The molecule has 2 spiro atoms. The molecule has 0 radical (unpaired) electrons. The predicted molar refractivity (Wildman–Crippen MR) is 142 cm³/mol. The molecule has 3 aliphatic rings. The Morgan fingerprint density at radius 1 is 0.590 bits per heavy atom. The lowest BCUT2D eigenvalue weighted by Gasteiger charge is -2.34. The molecule has 2 aliphatic carbocycles. The molecule has 39 heavy (non-hydrogen) atoms. The summed E-state index contributed by atoms with van der Waals surface area (Å²) in [5.41, 5.74) is -2.70. The highest BCUT2D eigenvalue weighted by Gasteiger charge is 2.79. The van der Waals surface area contributed by atoms with Gasteiger partial charge in [0.05, 0.1) is 5.92 Å². The topological polar surface area (TPSA) is 77.5 Å². The molecule has 7 heteroatoms. The van der Waals surface area contributed by atoms with Crippen LogP contribution in [0.2, 0.25) is 0 Å². The van der Waals surface area contributed by atoms with Gasteiger partial charge >= 0.3 is 0 Å². The third-order valence-corrected chi connectivity index (χ3v) is 8.74. The largest absolute Gasteiger partial charge is 0.348 e. The van der Waals surface area contributed by atoms with Crippen LogP contribution in [-0.2, 0) is 4.74 Å². The summed E-state index contributed by atoms with van der Waals surface area (Å²) in [5.74, 6) is -4.18. The maximum absolute atomic E-state index is 14.6. The fourth-order valence-corrected chi connectivity index (χ4v) is 6.88. The number of hydrogen-bond donors (Lipinski definition) is 0. The van der Waals surface area contributed by atoms with Crippen molar-refractivity contribution >= 4 is 39.1 Å². The number of ether oxygens (including phenoxy) is 1. The van der Waals surface area contributed by atoms with E-state index in [4.69, 9.17) is 4.74 Å². The molecule has 4 aromatic carbocycles. The average molecular weight is 581 g/mol. The number of fused-ring (bicyclic) bond motifs is 2. The number of hydrogen-bond acceptors (Lipinski definition) is 5. The first-order valence-electron chi connectivity index (χ1n) is 12.4. The lowest BCUT2D eigenvalue weighted by molar-refractivity contribution is -0.0210. The van der Waals surface area contributed by atoms with Crippen molar-refractivity contribution in [3.05, 3.63) is 141 Å². The number of carbonyl (C=O) groups excluding carboxylic acids is 4. The number of carbonyl (C=O) groups is 4. The normalized spacial score (nSPS) is 22.1. The second-order valence-electron chi connectivity index (χ2n) is 10.0. The summed E-state index contributed by atoms with van der Waals surface area (Å²) in [6.07, 6.45) is -1.27. The van der Waals surface area contributed by atoms with E-state index in [1.165, 1.54) is 24.3 Å². The number of halogens is 2. The summed E-state index contributed by atoms with van der Waals surface area (Å²) < 4.78 is 21.5. The van der Waals surface area contributed by atoms with Gasteiger partial charge in [0.15, 0.2) is 11.6 Å². The Morgan fingerprint density at radius 3 is 1.51 bits per heavy atom.